The Balaban J connectivity index is 1.64. The molecule has 27 heavy (non-hydrogen) atoms. The number of carbonyl (C=O) groups is 1. The van der Waals surface area contributed by atoms with Crippen molar-refractivity contribution in [1.29, 1.82) is 0 Å². The number of piperidine rings is 1. The van der Waals surface area contributed by atoms with Crippen molar-refractivity contribution in [3.63, 3.8) is 0 Å². The molecule has 0 spiro atoms. The third kappa shape index (κ3) is 5.29. The van der Waals surface area contributed by atoms with Crippen molar-refractivity contribution in [2.24, 2.45) is 0 Å². The minimum absolute atomic E-state index is 0.191. The van der Waals surface area contributed by atoms with Crippen molar-refractivity contribution >= 4 is 17.7 Å². The maximum Gasteiger partial charge on any atom is 0.321 e. The maximum absolute atomic E-state index is 12.2. The van der Waals surface area contributed by atoms with E-state index in [0.29, 0.717) is 11.8 Å². The molecule has 1 aliphatic heterocycles. The van der Waals surface area contributed by atoms with Gasteiger partial charge in [0.25, 0.3) is 0 Å². The van der Waals surface area contributed by atoms with Crippen LogP contribution in [0, 0.1) is 13.8 Å². The summed E-state index contributed by atoms with van der Waals surface area (Å²) in [6, 6.07) is 5.86. The number of methoxy groups -OCH3 is 1. The number of nitrogens with one attached hydrogen (secondary N) is 2. The molecule has 0 atom stereocenters. The first-order chi connectivity index (χ1) is 13.0. The molecule has 2 N–H and O–H groups in total. The highest BCUT2D eigenvalue weighted by Gasteiger charge is 2.17. The maximum atomic E-state index is 12.2. The monoisotopic (exact) mass is 370 g/mol. The molecule has 0 bridgehead atoms. The van der Waals surface area contributed by atoms with Gasteiger partial charge in [0.1, 0.15) is 0 Å². The molecule has 0 radical (unpaired) electrons. The number of urea groups is 1. The first-order valence-corrected chi connectivity index (χ1v) is 9.20. The molecular formula is C19H26N6O2. The van der Waals surface area contributed by atoms with Crippen LogP contribution in [0.2, 0.25) is 0 Å². The highest BCUT2D eigenvalue weighted by Crippen LogP contribution is 2.18. The molecule has 1 aliphatic rings. The van der Waals surface area contributed by atoms with E-state index in [1.165, 1.54) is 13.5 Å². The van der Waals surface area contributed by atoms with Gasteiger partial charge in [-0.25, -0.2) is 4.79 Å². The normalized spacial score (nSPS) is 14.0. The van der Waals surface area contributed by atoms with Gasteiger partial charge in [-0.15, -0.1) is 0 Å². The average molecular weight is 370 g/mol. The summed E-state index contributed by atoms with van der Waals surface area (Å²) >= 11 is 0. The van der Waals surface area contributed by atoms with Gasteiger partial charge in [-0.05, 0) is 56.4 Å². The minimum Gasteiger partial charge on any atom is -0.467 e. The second-order valence-electron chi connectivity index (χ2n) is 6.77. The molecule has 2 aromatic rings. The van der Waals surface area contributed by atoms with Crippen LogP contribution in [-0.2, 0) is 6.54 Å². The molecule has 1 aromatic carbocycles. The molecule has 2 amide bonds. The van der Waals surface area contributed by atoms with Gasteiger partial charge in [-0.2, -0.15) is 15.0 Å². The minimum atomic E-state index is -0.307. The number of ether oxygens (including phenoxy) is 1. The highest BCUT2D eigenvalue weighted by atomic mass is 16.5. The standard InChI is InChI=1S/C19H26N6O2/c1-13-9-14(2)11-15(10-13)21-18(26)20-12-16-22-17(24-19(23-16)27-3)25-7-5-4-6-8-25/h9-11H,4-8,12H2,1-3H3,(H2,20,21,26). The number of benzene rings is 1. The molecule has 8 heteroatoms. The zero-order chi connectivity index (χ0) is 19.2. The van der Waals surface area contributed by atoms with Gasteiger partial charge >= 0.3 is 12.0 Å². The molecule has 8 nitrogen and oxygen atoms in total. The van der Waals surface area contributed by atoms with Crippen LogP contribution in [0.5, 0.6) is 6.01 Å². The van der Waals surface area contributed by atoms with Gasteiger partial charge in [0, 0.05) is 18.8 Å². The summed E-state index contributed by atoms with van der Waals surface area (Å²) in [5.74, 6) is 1.08. The lowest BCUT2D eigenvalue weighted by molar-refractivity contribution is 0.251. The molecule has 2 heterocycles. The van der Waals surface area contributed by atoms with E-state index < -0.39 is 0 Å². The lowest BCUT2D eigenvalue weighted by atomic mass is 10.1. The van der Waals surface area contributed by atoms with E-state index >= 15 is 0 Å². The molecule has 1 aromatic heterocycles. The van der Waals surface area contributed by atoms with Gasteiger partial charge in [0.05, 0.1) is 13.7 Å². The van der Waals surface area contributed by atoms with E-state index in [-0.39, 0.29) is 18.6 Å². The number of nitrogens with zero attached hydrogens (tertiary/aromatic N) is 4. The van der Waals surface area contributed by atoms with Crippen molar-refractivity contribution in [2.75, 3.05) is 30.4 Å². The number of aromatic nitrogens is 3. The second kappa shape index (κ2) is 8.66. The summed E-state index contributed by atoms with van der Waals surface area (Å²) in [5, 5.41) is 5.63. The van der Waals surface area contributed by atoms with Crippen molar-refractivity contribution in [2.45, 2.75) is 39.7 Å². The molecule has 144 valence electrons. The first-order valence-electron chi connectivity index (χ1n) is 9.20. The largest absolute Gasteiger partial charge is 0.467 e. The number of rotatable bonds is 5. The van der Waals surface area contributed by atoms with Gasteiger partial charge in [-0.1, -0.05) is 6.07 Å². The number of anilines is 2. The van der Waals surface area contributed by atoms with E-state index in [1.54, 1.807) is 0 Å². The van der Waals surface area contributed by atoms with Crippen LogP contribution in [0.25, 0.3) is 0 Å². The van der Waals surface area contributed by atoms with Gasteiger partial charge in [-0.3, -0.25) is 0 Å². The molecule has 1 saturated heterocycles. The number of hydrogen-bond acceptors (Lipinski definition) is 6. The first kappa shape index (κ1) is 18.9. The lowest BCUT2D eigenvalue weighted by Crippen LogP contribution is -2.32. The van der Waals surface area contributed by atoms with Gasteiger partial charge in [0.2, 0.25) is 5.95 Å². The smallest absolute Gasteiger partial charge is 0.321 e. The number of aryl methyl sites for hydroxylation is 2. The Labute approximate surface area is 159 Å². The second-order valence-corrected chi connectivity index (χ2v) is 6.77. The van der Waals surface area contributed by atoms with E-state index in [2.05, 4.69) is 36.6 Å². The Morgan fingerprint density at radius 2 is 1.78 bits per heavy atom. The van der Waals surface area contributed by atoms with Crippen molar-refractivity contribution in [1.82, 2.24) is 20.3 Å². The van der Waals surface area contributed by atoms with Crippen LogP contribution in [0.3, 0.4) is 0 Å². The van der Waals surface area contributed by atoms with Crippen molar-refractivity contribution < 1.29 is 9.53 Å². The lowest BCUT2D eigenvalue weighted by Gasteiger charge is -2.26. The fourth-order valence-electron chi connectivity index (χ4n) is 3.17. The summed E-state index contributed by atoms with van der Waals surface area (Å²) in [4.78, 5) is 27.4. The van der Waals surface area contributed by atoms with Crippen LogP contribution in [0.4, 0.5) is 16.4 Å². The number of amides is 2. The highest BCUT2D eigenvalue weighted by molar-refractivity contribution is 5.89. The van der Waals surface area contributed by atoms with E-state index in [4.69, 9.17) is 4.74 Å². The molecular weight excluding hydrogens is 344 g/mol. The zero-order valence-electron chi connectivity index (χ0n) is 16.1. The van der Waals surface area contributed by atoms with Crippen molar-refractivity contribution in [3.8, 4) is 6.01 Å². The third-order valence-electron chi connectivity index (χ3n) is 4.36. The molecule has 0 aliphatic carbocycles. The van der Waals surface area contributed by atoms with Crippen molar-refractivity contribution in [3.05, 3.63) is 35.2 Å². The summed E-state index contributed by atoms with van der Waals surface area (Å²) in [6.45, 7) is 6.03. The van der Waals surface area contributed by atoms with E-state index in [1.807, 2.05) is 26.0 Å². The quantitative estimate of drug-likeness (QED) is 0.841. The molecule has 1 fully saturated rings. The average Bonchev–Trinajstić information content (AvgIpc) is 2.66. The predicted molar refractivity (Wildman–Crippen MR) is 104 cm³/mol. The SMILES string of the molecule is COc1nc(CNC(=O)Nc2cc(C)cc(C)c2)nc(N2CCCCC2)n1. The van der Waals surface area contributed by atoms with Crippen LogP contribution in [0.15, 0.2) is 18.2 Å². The van der Waals surface area contributed by atoms with Gasteiger partial charge < -0.3 is 20.3 Å². The Morgan fingerprint density at radius 3 is 2.44 bits per heavy atom. The third-order valence-corrected chi connectivity index (χ3v) is 4.36. The summed E-state index contributed by atoms with van der Waals surface area (Å²) < 4.78 is 5.20. The molecule has 0 unspecified atom stereocenters. The number of carbonyl (C=O) groups excluding carboxylic acids is 1. The van der Waals surface area contributed by atoms with Crippen LogP contribution in [-0.4, -0.2) is 41.2 Å². The Kier molecular flexibility index (Phi) is 6.05. The topological polar surface area (TPSA) is 92.3 Å². The van der Waals surface area contributed by atoms with E-state index in [0.717, 1.165) is 42.7 Å². The molecule has 0 saturated carbocycles. The van der Waals surface area contributed by atoms with E-state index in [9.17, 15) is 4.79 Å². The Morgan fingerprint density at radius 1 is 1.07 bits per heavy atom. The van der Waals surface area contributed by atoms with Gasteiger partial charge in [0.15, 0.2) is 5.82 Å². The Hall–Kier alpha value is -2.90. The van der Waals surface area contributed by atoms with Crippen LogP contribution >= 0.6 is 0 Å². The zero-order valence-corrected chi connectivity index (χ0v) is 16.1. The fraction of sp³-hybridized carbons (Fsp3) is 0.474. The van der Waals surface area contributed by atoms with Crippen LogP contribution < -0.4 is 20.3 Å². The summed E-state index contributed by atoms with van der Waals surface area (Å²) in [5.41, 5.74) is 2.95. The van der Waals surface area contributed by atoms with Crippen LogP contribution in [0.1, 0.15) is 36.2 Å². The Bertz CT molecular complexity index is 785. The summed E-state index contributed by atoms with van der Waals surface area (Å²) in [6.07, 6.45) is 3.48. The summed E-state index contributed by atoms with van der Waals surface area (Å²) in [7, 11) is 1.53. The molecule has 3 rings (SSSR count). The fourth-order valence-corrected chi connectivity index (χ4v) is 3.17. The predicted octanol–water partition coefficient (Wildman–Crippen LogP) is 2.81. The number of hydrogen-bond donors (Lipinski definition) is 2.